The summed E-state index contributed by atoms with van der Waals surface area (Å²) in [5.74, 6) is -0.683. The van der Waals surface area contributed by atoms with Crippen LogP contribution in [0.4, 0.5) is 13.2 Å². The number of halogens is 3. The summed E-state index contributed by atoms with van der Waals surface area (Å²) in [6, 6.07) is 1.10. The Labute approximate surface area is 132 Å². The summed E-state index contributed by atoms with van der Waals surface area (Å²) in [6.07, 6.45) is -3.16. The van der Waals surface area contributed by atoms with Crippen LogP contribution >= 0.6 is 0 Å². The minimum Gasteiger partial charge on any atom is -0.382 e. The normalized spacial score (nSPS) is 21.3. The van der Waals surface area contributed by atoms with Gasteiger partial charge in [0.2, 0.25) is 0 Å². The van der Waals surface area contributed by atoms with Crippen LogP contribution in [0, 0.1) is 0 Å². The molecule has 1 aliphatic heterocycles. The SMILES string of the molecule is COC[C@H]1CN(C(=O)c2ccncc2C(F)(F)F)CC(C)(C)O1. The standard InChI is InChI=1S/C15H19F3N2O3/c1-14(2)9-20(7-10(23-14)8-22-3)13(21)11-4-5-19-6-12(11)15(16,17)18/h4-6,10H,7-9H2,1-3H3/t10-/m1/s1. The minimum absolute atomic E-state index is 0.176. The van der Waals surface area contributed by atoms with E-state index in [9.17, 15) is 18.0 Å². The molecule has 0 bridgehead atoms. The molecule has 0 unspecified atom stereocenters. The third kappa shape index (κ3) is 4.20. The molecule has 1 saturated heterocycles. The monoisotopic (exact) mass is 332 g/mol. The van der Waals surface area contributed by atoms with Crippen LogP contribution in [0.25, 0.3) is 0 Å². The highest BCUT2D eigenvalue weighted by Gasteiger charge is 2.40. The molecule has 2 rings (SSSR count). The van der Waals surface area contributed by atoms with Crippen molar-refractivity contribution in [3.63, 3.8) is 0 Å². The summed E-state index contributed by atoms with van der Waals surface area (Å²) in [7, 11) is 1.50. The molecule has 1 amide bonds. The maximum atomic E-state index is 13.1. The first-order chi connectivity index (χ1) is 10.6. The Morgan fingerprint density at radius 3 is 2.83 bits per heavy atom. The average Bonchev–Trinajstić information content (AvgIpc) is 2.44. The molecule has 23 heavy (non-hydrogen) atoms. The van der Waals surface area contributed by atoms with E-state index in [0.29, 0.717) is 6.20 Å². The van der Waals surface area contributed by atoms with Gasteiger partial charge in [-0.05, 0) is 19.9 Å². The molecule has 0 aromatic carbocycles. The number of pyridine rings is 1. The van der Waals surface area contributed by atoms with E-state index in [1.165, 1.54) is 18.2 Å². The number of methoxy groups -OCH3 is 1. The maximum Gasteiger partial charge on any atom is 0.418 e. The lowest BCUT2D eigenvalue weighted by Crippen LogP contribution is -2.55. The largest absolute Gasteiger partial charge is 0.418 e. The van der Waals surface area contributed by atoms with Crippen molar-refractivity contribution in [1.82, 2.24) is 9.88 Å². The summed E-state index contributed by atoms with van der Waals surface area (Å²) in [6.45, 7) is 4.20. The molecule has 1 aromatic heterocycles. The van der Waals surface area contributed by atoms with Crippen molar-refractivity contribution < 1.29 is 27.4 Å². The number of rotatable bonds is 3. The number of amides is 1. The quantitative estimate of drug-likeness (QED) is 0.853. The number of carbonyl (C=O) groups excluding carboxylic acids is 1. The molecule has 1 atom stereocenters. The van der Waals surface area contributed by atoms with Crippen molar-refractivity contribution in [2.45, 2.75) is 31.7 Å². The molecule has 2 heterocycles. The Morgan fingerprint density at radius 1 is 1.52 bits per heavy atom. The molecule has 0 aliphatic carbocycles. The van der Waals surface area contributed by atoms with E-state index in [1.807, 2.05) is 0 Å². The molecular weight excluding hydrogens is 313 g/mol. The fraction of sp³-hybridized carbons (Fsp3) is 0.600. The highest BCUT2D eigenvalue weighted by molar-refractivity contribution is 5.95. The van der Waals surface area contributed by atoms with E-state index >= 15 is 0 Å². The van der Waals surface area contributed by atoms with Gasteiger partial charge in [-0.1, -0.05) is 0 Å². The number of hydrogen-bond acceptors (Lipinski definition) is 4. The highest BCUT2D eigenvalue weighted by atomic mass is 19.4. The summed E-state index contributed by atoms with van der Waals surface area (Å²) in [5, 5.41) is 0. The Morgan fingerprint density at radius 2 is 2.22 bits per heavy atom. The zero-order chi connectivity index (χ0) is 17.3. The molecule has 128 valence electrons. The van der Waals surface area contributed by atoms with Crippen LogP contribution in [0.5, 0.6) is 0 Å². The van der Waals surface area contributed by atoms with E-state index in [-0.39, 0.29) is 25.8 Å². The van der Waals surface area contributed by atoms with Gasteiger partial charge in [0.1, 0.15) is 0 Å². The van der Waals surface area contributed by atoms with Crippen LogP contribution in [-0.4, -0.2) is 54.3 Å². The number of alkyl halides is 3. The third-order valence-electron chi connectivity index (χ3n) is 3.48. The summed E-state index contributed by atoms with van der Waals surface area (Å²) in [4.78, 5) is 17.5. The molecule has 0 spiro atoms. The van der Waals surface area contributed by atoms with E-state index in [0.717, 1.165) is 6.07 Å². The summed E-state index contributed by atoms with van der Waals surface area (Å²) < 4.78 is 50.0. The Hall–Kier alpha value is -1.67. The minimum atomic E-state index is -4.63. The molecule has 0 N–H and O–H groups in total. The summed E-state index contributed by atoms with van der Waals surface area (Å²) >= 11 is 0. The fourth-order valence-electron chi connectivity index (χ4n) is 2.70. The van der Waals surface area contributed by atoms with Gasteiger partial charge >= 0.3 is 6.18 Å². The molecule has 0 saturated carbocycles. The first-order valence-corrected chi connectivity index (χ1v) is 7.11. The van der Waals surface area contributed by atoms with Crippen LogP contribution in [0.15, 0.2) is 18.5 Å². The lowest BCUT2D eigenvalue weighted by molar-refractivity contribution is -0.144. The Kier molecular flexibility index (Phi) is 4.95. The van der Waals surface area contributed by atoms with Crippen LogP contribution in [-0.2, 0) is 15.7 Å². The number of hydrogen-bond donors (Lipinski definition) is 0. The predicted octanol–water partition coefficient (Wildman–Crippen LogP) is 2.37. The highest BCUT2D eigenvalue weighted by Crippen LogP contribution is 2.32. The van der Waals surface area contributed by atoms with E-state index in [4.69, 9.17) is 9.47 Å². The van der Waals surface area contributed by atoms with Gasteiger partial charge < -0.3 is 14.4 Å². The molecule has 5 nitrogen and oxygen atoms in total. The Balaban J connectivity index is 2.29. The van der Waals surface area contributed by atoms with Crippen molar-refractivity contribution in [3.8, 4) is 0 Å². The maximum absolute atomic E-state index is 13.1. The van der Waals surface area contributed by atoms with Crippen LogP contribution < -0.4 is 0 Å². The number of ether oxygens (including phenoxy) is 2. The number of aromatic nitrogens is 1. The van der Waals surface area contributed by atoms with Gasteiger partial charge in [-0.2, -0.15) is 13.2 Å². The average molecular weight is 332 g/mol. The van der Waals surface area contributed by atoms with Gasteiger partial charge in [0.15, 0.2) is 0 Å². The topological polar surface area (TPSA) is 51.7 Å². The smallest absolute Gasteiger partial charge is 0.382 e. The van der Waals surface area contributed by atoms with Crippen LogP contribution in [0.3, 0.4) is 0 Å². The van der Waals surface area contributed by atoms with Gasteiger partial charge in [-0.3, -0.25) is 9.78 Å². The molecule has 1 fully saturated rings. The predicted molar refractivity (Wildman–Crippen MR) is 76.0 cm³/mol. The zero-order valence-corrected chi connectivity index (χ0v) is 13.2. The lowest BCUT2D eigenvalue weighted by atomic mass is 10.0. The first kappa shape index (κ1) is 17.7. The second kappa shape index (κ2) is 6.45. The van der Waals surface area contributed by atoms with E-state index in [1.54, 1.807) is 13.8 Å². The van der Waals surface area contributed by atoms with E-state index in [2.05, 4.69) is 4.98 Å². The summed E-state index contributed by atoms with van der Waals surface area (Å²) in [5.41, 5.74) is -2.10. The third-order valence-corrected chi connectivity index (χ3v) is 3.48. The van der Waals surface area contributed by atoms with Gasteiger partial charge in [-0.15, -0.1) is 0 Å². The zero-order valence-electron chi connectivity index (χ0n) is 13.2. The van der Waals surface area contributed by atoms with Gasteiger partial charge in [-0.25, -0.2) is 0 Å². The first-order valence-electron chi connectivity index (χ1n) is 7.11. The Bertz CT molecular complexity index is 575. The molecule has 8 heteroatoms. The molecule has 1 aromatic rings. The van der Waals surface area contributed by atoms with Crippen LogP contribution in [0.2, 0.25) is 0 Å². The second-order valence-electron chi connectivity index (χ2n) is 6.06. The van der Waals surface area contributed by atoms with Crippen LogP contribution in [0.1, 0.15) is 29.8 Å². The van der Waals surface area contributed by atoms with Crippen molar-refractivity contribution in [2.24, 2.45) is 0 Å². The van der Waals surface area contributed by atoms with Crippen molar-refractivity contribution >= 4 is 5.91 Å². The molecule has 1 aliphatic rings. The van der Waals surface area contributed by atoms with E-state index < -0.39 is 28.8 Å². The lowest BCUT2D eigenvalue weighted by Gasteiger charge is -2.42. The fourth-order valence-corrected chi connectivity index (χ4v) is 2.70. The van der Waals surface area contributed by atoms with Gasteiger partial charge in [0, 0.05) is 32.6 Å². The van der Waals surface area contributed by atoms with Crippen molar-refractivity contribution in [2.75, 3.05) is 26.8 Å². The van der Waals surface area contributed by atoms with Gasteiger partial charge in [0.05, 0.1) is 29.4 Å². The van der Waals surface area contributed by atoms with Gasteiger partial charge in [0.25, 0.3) is 5.91 Å². The second-order valence-corrected chi connectivity index (χ2v) is 6.06. The number of morpholine rings is 1. The van der Waals surface area contributed by atoms with Crippen molar-refractivity contribution in [3.05, 3.63) is 29.6 Å². The van der Waals surface area contributed by atoms with Crippen molar-refractivity contribution in [1.29, 1.82) is 0 Å². The molecular formula is C15H19F3N2O3. The molecule has 0 radical (unpaired) electrons. The number of carbonyl (C=O) groups is 1. The number of nitrogens with zero attached hydrogens (tertiary/aromatic N) is 2.